The number of aliphatic hydroxyl groups is 2. The molecule has 1 aromatic carbocycles. The molecule has 3 N–H and O–H groups in total. The highest BCUT2D eigenvalue weighted by molar-refractivity contribution is 5.87. The molecule has 102 valence electrons. The third-order valence-electron chi connectivity index (χ3n) is 3.20. The minimum absolute atomic E-state index is 0.0113. The van der Waals surface area contributed by atoms with Crippen molar-refractivity contribution in [2.75, 3.05) is 6.54 Å². The van der Waals surface area contributed by atoms with Crippen molar-refractivity contribution in [3.63, 3.8) is 0 Å². The SMILES string of the molecule is O=C(O)[C@@H]1C[C@H](O)CN1C(=O)C(O)c1ccccc1. The molecule has 0 bridgehead atoms. The lowest BCUT2D eigenvalue weighted by atomic mass is 10.1. The summed E-state index contributed by atoms with van der Waals surface area (Å²) in [5.74, 6) is -1.87. The van der Waals surface area contributed by atoms with Crippen molar-refractivity contribution in [1.29, 1.82) is 0 Å². The molecule has 1 aliphatic heterocycles. The van der Waals surface area contributed by atoms with Gasteiger partial charge in [0.05, 0.1) is 6.10 Å². The molecule has 0 aromatic heterocycles. The van der Waals surface area contributed by atoms with Gasteiger partial charge in [-0.3, -0.25) is 4.79 Å². The second kappa shape index (κ2) is 5.38. The number of nitrogens with zero attached hydrogens (tertiary/aromatic N) is 1. The van der Waals surface area contributed by atoms with Gasteiger partial charge in [-0.25, -0.2) is 4.79 Å². The number of aliphatic carboxylic acids is 1. The first-order valence-corrected chi connectivity index (χ1v) is 5.95. The van der Waals surface area contributed by atoms with Crippen LogP contribution in [0.4, 0.5) is 0 Å². The number of carboxylic acid groups (broad SMARTS) is 1. The van der Waals surface area contributed by atoms with E-state index in [4.69, 9.17) is 5.11 Å². The summed E-state index contributed by atoms with van der Waals surface area (Å²) >= 11 is 0. The van der Waals surface area contributed by atoms with Crippen LogP contribution >= 0.6 is 0 Å². The molecule has 1 aromatic rings. The largest absolute Gasteiger partial charge is 0.480 e. The normalized spacial score (nSPS) is 24.2. The van der Waals surface area contributed by atoms with Gasteiger partial charge in [-0.1, -0.05) is 30.3 Å². The summed E-state index contributed by atoms with van der Waals surface area (Å²) < 4.78 is 0. The molecule has 6 heteroatoms. The summed E-state index contributed by atoms with van der Waals surface area (Å²) in [5.41, 5.74) is 0.401. The number of aliphatic hydroxyl groups excluding tert-OH is 2. The zero-order chi connectivity index (χ0) is 14.0. The topological polar surface area (TPSA) is 98.1 Å². The Morgan fingerprint density at radius 1 is 1.26 bits per heavy atom. The van der Waals surface area contributed by atoms with Crippen molar-refractivity contribution in [1.82, 2.24) is 4.90 Å². The number of rotatable bonds is 3. The molecule has 0 saturated carbocycles. The third kappa shape index (κ3) is 2.74. The van der Waals surface area contributed by atoms with E-state index in [0.717, 1.165) is 4.90 Å². The fourth-order valence-electron chi connectivity index (χ4n) is 2.23. The van der Waals surface area contributed by atoms with Crippen molar-refractivity contribution in [3.05, 3.63) is 35.9 Å². The first kappa shape index (κ1) is 13.5. The average Bonchev–Trinajstić information content (AvgIpc) is 2.80. The Morgan fingerprint density at radius 2 is 1.89 bits per heavy atom. The lowest BCUT2D eigenvalue weighted by Crippen LogP contribution is -2.43. The zero-order valence-corrected chi connectivity index (χ0v) is 10.1. The number of carbonyl (C=O) groups excluding carboxylic acids is 1. The van der Waals surface area contributed by atoms with Gasteiger partial charge < -0.3 is 20.2 Å². The second-order valence-corrected chi connectivity index (χ2v) is 4.55. The van der Waals surface area contributed by atoms with Crippen LogP contribution in [0.25, 0.3) is 0 Å². The van der Waals surface area contributed by atoms with E-state index >= 15 is 0 Å². The van der Waals surface area contributed by atoms with Gasteiger partial charge in [0.25, 0.3) is 5.91 Å². The highest BCUT2D eigenvalue weighted by atomic mass is 16.4. The van der Waals surface area contributed by atoms with E-state index in [-0.39, 0.29) is 13.0 Å². The number of hydrogen-bond donors (Lipinski definition) is 3. The average molecular weight is 265 g/mol. The van der Waals surface area contributed by atoms with E-state index in [1.165, 1.54) is 0 Å². The number of carbonyl (C=O) groups is 2. The molecule has 19 heavy (non-hydrogen) atoms. The van der Waals surface area contributed by atoms with Crippen LogP contribution in [0.2, 0.25) is 0 Å². The van der Waals surface area contributed by atoms with E-state index < -0.39 is 30.1 Å². The fraction of sp³-hybridized carbons (Fsp3) is 0.385. The predicted octanol–water partition coefficient (Wildman–Crippen LogP) is -0.234. The van der Waals surface area contributed by atoms with Gasteiger partial charge in [0, 0.05) is 13.0 Å². The van der Waals surface area contributed by atoms with Gasteiger partial charge in [-0.05, 0) is 5.56 Å². The van der Waals surface area contributed by atoms with Crippen molar-refractivity contribution < 1.29 is 24.9 Å². The summed E-state index contributed by atoms with van der Waals surface area (Å²) in [4.78, 5) is 24.2. The Kier molecular flexibility index (Phi) is 3.82. The molecule has 6 nitrogen and oxygen atoms in total. The summed E-state index contributed by atoms with van der Waals surface area (Å²) in [6.45, 7) is -0.0697. The summed E-state index contributed by atoms with van der Waals surface area (Å²) in [5, 5.41) is 28.5. The summed E-state index contributed by atoms with van der Waals surface area (Å²) in [6, 6.07) is 7.20. The molecule has 0 spiro atoms. The molecule has 0 aliphatic carbocycles. The monoisotopic (exact) mass is 265 g/mol. The summed E-state index contributed by atoms with van der Waals surface area (Å²) in [7, 11) is 0. The lowest BCUT2D eigenvalue weighted by molar-refractivity contribution is -0.152. The van der Waals surface area contributed by atoms with Crippen LogP contribution in [0.15, 0.2) is 30.3 Å². The van der Waals surface area contributed by atoms with Crippen LogP contribution in [0.5, 0.6) is 0 Å². The van der Waals surface area contributed by atoms with Gasteiger partial charge in [-0.2, -0.15) is 0 Å². The van der Waals surface area contributed by atoms with E-state index in [2.05, 4.69) is 0 Å². The lowest BCUT2D eigenvalue weighted by Gasteiger charge is -2.24. The smallest absolute Gasteiger partial charge is 0.326 e. The number of benzene rings is 1. The molecular formula is C13H15NO5. The standard InChI is InChI=1S/C13H15NO5/c15-9-6-10(13(18)19)14(7-9)12(17)11(16)8-4-2-1-3-5-8/h1-5,9-11,15-16H,6-7H2,(H,18,19)/t9-,10-,11?/m0/s1. The molecule has 2 rings (SSSR count). The van der Waals surface area contributed by atoms with Gasteiger partial charge in [0.1, 0.15) is 6.04 Å². The van der Waals surface area contributed by atoms with Crippen molar-refractivity contribution >= 4 is 11.9 Å². The van der Waals surface area contributed by atoms with Crippen molar-refractivity contribution in [2.24, 2.45) is 0 Å². The maximum atomic E-state index is 12.1. The molecular weight excluding hydrogens is 250 g/mol. The first-order valence-electron chi connectivity index (χ1n) is 5.95. The molecule has 3 atom stereocenters. The van der Waals surface area contributed by atoms with Crippen LogP contribution in [0, 0.1) is 0 Å². The maximum absolute atomic E-state index is 12.1. The Morgan fingerprint density at radius 3 is 2.47 bits per heavy atom. The molecule has 1 amide bonds. The van der Waals surface area contributed by atoms with Crippen LogP contribution in [0.3, 0.4) is 0 Å². The van der Waals surface area contributed by atoms with E-state index in [9.17, 15) is 19.8 Å². The van der Waals surface area contributed by atoms with Gasteiger partial charge in [0.2, 0.25) is 0 Å². The molecule has 1 heterocycles. The van der Waals surface area contributed by atoms with Gasteiger partial charge in [-0.15, -0.1) is 0 Å². The van der Waals surface area contributed by atoms with Crippen LogP contribution in [-0.2, 0) is 9.59 Å². The summed E-state index contributed by atoms with van der Waals surface area (Å²) in [6.07, 6.45) is -2.29. The Bertz CT molecular complexity index is 475. The highest BCUT2D eigenvalue weighted by Gasteiger charge is 2.41. The number of amides is 1. The first-order chi connectivity index (χ1) is 9.00. The Balaban J connectivity index is 2.17. The van der Waals surface area contributed by atoms with Gasteiger partial charge in [0.15, 0.2) is 6.10 Å². The van der Waals surface area contributed by atoms with Crippen LogP contribution < -0.4 is 0 Å². The van der Waals surface area contributed by atoms with Crippen molar-refractivity contribution in [3.8, 4) is 0 Å². The molecule has 1 aliphatic rings. The van der Waals surface area contributed by atoms with Crippen molar-refractivity contribution in [2.45, 2.75) is 24.7 Å². The van der Waals surface area contributed by atoms with Crippen LogP contribution in [-0.4, -0.2) is 50.8 Å². The quantitative estimate of drug-likeness (QED) is 0.701. The minimum Gasteiger partial charge on any atom is -0.480 e. The number of hydrogen-bond acceptors (Lipinski definition) is 4. The number of carboxylic acids is 1. The zero-order valence-electron chi connectivity index (χ0n) is 10.1. The number of β-amino-alcohol motifs (C(OH)–C–C–N with tert-alkyl or cyclic N) is 1. The molecule has 1 unspecified atom stereocenters. The molecule has 0 radical (unpaired) electrons. The number of likely N-dealkylation sites (tertiary alicyclic amines) is 1. The molecule has 1 fully saturated rings. The van der Waals surface area contributed by atoms with E-state index in [0.29, 0.717) is 5.56 Å². The third-order valence-corrected chi connectivity index (χ3v) is 3.20. The Labute approximate surface area is 109 Å². The van der Waals surface area contributed by atoms with Crippen LogP contribution in [0.1, 0.15) is 18.1 Å². The van der Waals surface area contributed by atoms with Gasteiger partial charge >= 0.3 is 5.97 Å². The Hall–Kier alpha value is -1.92. The maximum Gasteiger partial charge on any atom is 0.326 e. The highest BCUT2D eigenvalue weighted by Crippen LogP contribution is 2.23. The minimum atomic E-state index is -1.41. The predicted molar refractivity (Wildman–Crippen MR) is 65.2 cm³/mol. The molecule has 1 saturated heterocycles. The van der Waals surface area contributed by atoms with E-state index in [1.807, 2.05) is 0 Å². The second-order valence-electron chi connectivity index (χ2n) is 4.55. The van der Waals surface area contributed by atoms with E-state index in [1.54, 1.807) is 30.3 Å². The fourth-order valence-corrected chi connectivity index (χ4v) is 2.23.